The van der Waals surface area contributed by atoms with Gasteiger partial charge in [-0.25, -0.2) is 9.50 Å². The van der Waals surface area contributed by atoms with Gasteiger partial charge in [0.15, 0.2) is 5.65 Å². The molecule has 1 saturated heterocycles. The minimum absolute atomic E-state index is 0.0709. The average molecular weight is 283 g/mol. The Bertz CT molecular complexity index is 873. The van der Waals surface area contributed by atoms with E-state index < -0.39 is 0 Å². The molecule has 4 heterocycles. The molecule has 0 amide bonds. The Morgan fingerprint density at radius 2 is 2.10 bits per heavy atom. The van der Waals surface area contributed by atoms with Crippen molar-refractivity contribution in [2.24, 2.45) is 0 Å². The third kappa shape index (κ3) is 2.03. The van der Waals surface area contributed by atoms with Crippen LogP contribution in [0.1, 0.15) is 30.1 Å². The molecule has 6 heteroatoms. The molecule has 0 bridgehead atoms. The fourth-order valence-corrected chi connectivity index (χ4v) is 3.13. The molecule has 3 aromatic heterocycles. The van der Waals surface area contributed by atoms with Crippen LogP contribution in [0.3, 0.4) is 0 Å². The maximum atomic E-state index is 12.0. The van der Waals surface area contributed by atoms with Crippen LogP contribution in [-0.2, 0) is 0 Å². The first kappa shape index (κ1) is 12.5. The minimum atomic E-state index is -0.0709. The highest BCUT2D eigenvalue weighted by Crippen LogP contribution is 2.26. The van der Waals surface area contributed by atoms with Gasteiger partial charge in [0.25, 0.3) is 5.56 Å². The number of H-pyrrole nitrogens is 1. The third-order valence-electron chi connectivity index (χ3n) is 4.20. The lowest BCUT2D eigenvalue weighted by Crippen LogP contribution is -2.28. The number of nitrogens with one attached hydrogen (secondary N) is 2. The maximum Gasteiger partial charge on any atom is 0.251 e. The Balaban J connectivity index is 2.01. The number of aromatic nitrogens is 4. The summed E-state index contributed by atoms with van der Waals surface area (Å²) in [6, 6.07) is 5.60. The molecule has 108 valence electrons. The zero-order valence-corrected chi connectivity index (χ0v) is 11.9. The molecular formula is C15H17N5O. The van der Waals surface area contributed by atoms with Crippen molar-refractivity contribution in [1.82, 2.24) is 24.9 Å². The fourth-order valence-electron chi connectivity index (χ4n) is 3.13. The molecule has 6 nitrogen and oxygen atoms in total. The summed E-state index contributed by atoms with van der Waals surface area (Å²) < 4.78 is 1.87. The molecular weight excluding hydrogens is 266 g/mol. The van der Waals surface area contributed by atoms with Crippen molar-refractivity contribution < 1.29 is 0 Å². The molecule has 2 N–H and O–H groups in total. The number of aromatic amines is 1. The van der Waals surface area contributed by atoms with Crippen molar-refractivity contribution in [3.05, 3.63) is 39.9 Å². The van der Waals surface area contributed by atoms with Crippen molar-refractivity contribution >= 4 is 16.7 Å². The Kier molecular flexibility index (Phi) is 2.78. The van der Waals surface area contributed by atoms with Gasteiger partial charge in [0, 0.05) is 17.7 Å². The summed E-state index contributed by atoms with van der Waals surface area (Å²) in [6.45, 7) is 3.91. The van der Waals surface area contributed by atoms with Crippen molar-refractivity contribution in [1.29, 1.82) is 0 Å². The molecule has 0 radical (unpaired) electrons. The smallest absolute Gasteiger partial charge is 0.251 e. The molecule has 21 heavy (non-hydrogen) atoms. The second-order valence-electron chi connectivity index (χ2n) is 5.67. The number of piperidine rings is 1. The SMILES string of the molecule is Cc1ccc2c(n1)nn1c(C3CCNCC3)cc(=O)[nH]c21. The molecule has 0 aliphatic carbocycles. The molecule has 1 aliphatic rings. The highest BCUT2D eigenvalue weighted by atomic mass is 16.1. The summed E-state index contributed by atoms with van der Waals surface area (Å²) >= 11 is 0. The van der Waals surface area contributed by atoms with Gasteiger partial charge < -0.3 is 10.3 Å². The monoisotopic (exact) mass is 283 g/mol. The van der Waals surface area contributed by atoms with E-state index in [0.29, 0.717) is 11.6 Å². The standard InChI is InChI=1S/C15H17N5O/c1-9-2-3-11-14(17-9)19-20-12(8-13(21)18-15(11)20)10-4-6-16-7-5-10/h2-3,8,10,16H,4-7H2,1H3,(H,18,21). The predicted molar refractivity (Wildman–Crippen MR) is 80.7 cm³/mol. The minimum Gasteiger partial charge on any atom is -0.317 e. The van der Waals surface area contributed by atoms with Gasteiger partial charge in [-0.1, -0.05) is 0 Å². The Labute approximate surface area is 121 Å². The maximum absolute atomic E-state index is 12.0. The van der Waals surface area contributed by atoms with Gasteiger partial charge in [-0.3, -0.25) is 4.79 Å². The van der Waals surface area contributed by atoms with Gasteiger partial charge >= 0.3 is 0 Å². The van der Waals surface area contributed by atoms with Crippen LogP contribution in [0.2, 0.25) is 0 Å². The molecule has 0 spiro atoms. The van der Waals surface area contributed by atoms with Gasteiger partial charge in [0.05, 0.1) is 11.1 Å². The summed E-state index contributed by atoms with van der Waals surface area (Å²) in [6.07, 6.45) is 2.06. The zero-order valence-electron chi connectivity index (χ0n) is 11.9. The van der Waals surface area contributed by atoms with Crippen molar-refractivity contribution in [3.8, 4) is 0 Å². The lowest BCUT2D eigenvalue weighted by Gasteiger charge is -2.22. The summed E-state index contributed by atoms with van der Waals surface area (Å²) in [5.74, 6) is 0.367. The highest BCUT2D eigenvalue weighted by Gasteiger charge is 2.20. The largest absolute Gasteiger partial charge is 0.317 e. The van der Waals surface area contributed by atoms with E-state index in [9.17, 15) is 4.79 Å². The first-order chi connectivity index (χ1) is 10.2. The average Bonchev–Trinajstić information content (AvgIpc) is 2.84. The van der Waals surface area contributed by atoms with Crippen molar-refractivity contribution in [3.63, 3.8) is 0 Å². The van der Waals surface area contributed by atoms with E-state index in [-0.39, 0.29) is 5.56 Å². The van der Waals surface area contributed by atoms with Crippen LogP contribution in [0.5, 0.6) is 0 Å². The van der Waals surface area contributed by atoms with E-state index in [1.165, 1.54) is 0 Å². The van der Waals surface area contributed by atoms with Crippen LogP contribution in [-0.4, -0.2) is 32.7 Å². The summed E-state index contributed by atoms with van der Waals surface area (Å²) in [4.78, 5) is 19.4. The van der Waals surface area contributed by atoms with Crippen molar-refractivity contribution in [2.45, 2.75) is 25.7 Å². The van der Waals surface area contributed by atoms with Crippen molar-refractivity contribution in [2.75, 3.05) is 13.1 Å². The van der Waals surface area contributed by atoms with E-state index >= 15 is 0 Å². The van der Waals surface area contributed by atoms with Crippen LogP contribution in [0.4, 0.5) is 0 Å². The molecule has 0 aromatic carbocycles. The lowest BCUT2D eigenvalue weighted by molar-refractivity contribution is 0.446. The fraction of sp³-hybridized carbons (Fsp3) is 0.400. The quantitative estimate of drug-likeness (QED) is 0.707. The number of pyridine rings is 1. The molecule has 0 saturated carbocycles. The van der Waals surface area contributed by atoms with Gasteiger partial charge in [0.1, 0.15) is 5.65 Å². The van der Waals surface area contributed by atoms with Gasteiger partial charge in [0.2, 0.25) is 0 Å². The lowest BCUT2D eigenvalue weighted by atomic mass is 9.94. The van der Waals surface area contributed by atoms with Gasteiger partial charge in [-0.2, -0.15) is 0 Å². The number of hydrogen-bond donors (Lipinski definition) is 2. The van der Waals surface area contributed by atoms with Gasteiger partial charge in [-0.05, 0) is 45.0 Å². The first-order valence-corrected chi connectivity index (χ1v) is 7.32. The molecule has 4 rings (SSSR count). The van der Waals surface area contributed by atoms with Crippen LogP contribution in [0, 0.1) is 6.92 Å². The number of rotatable bonds is 1. The molecule has 3 aromatic rings. The van der Waals surface area contributed by atoms with E-state index in [1.54, 1.807) is 6.07 Å². The van der Waals surface area contributed by atoms with Crippen LogP contribution < -0.4 is 10.9 Å². The van der Waals surface area contributed by atoms with E-state index in [1.807, 2.05) is 23.6 Å². The Morgan fingerprint density at radius 1 is 1.29 bits per heavy atom. The first-order valence-electron chi connectivity index (χ1n) is 7.32. The molecule has 0 unspecified atom stereocenters. The number of hydrogen-bond acceptors (Lipinski definition) is 4. The molecule has 1 aliphatic heterocycles. The number of fused-ring (bicyclic) bond motifs is 3. The summed E-state index contributed by atoms with van der Waals surface area (Å²) in [5, 5.41) is 8.86. The Morgan fingerprint density at radius 3 is 2.90 bits per heavy atom. The number of nitrogens with zero attached hydrogens (tertiary/aromatic N) is 3. The molecule has 0 atom stereocenters. The van der Waals surface area contributed by atoms with E-state index in [4.69, 9.17) is 0 Å². The third-order valence-corrected chi connectivity index (χ3v) is 4.20. The summed E-state index contributed by atoms with van der Waals surface area (Å²) in [7, 11) is 0. The predicted octanol–water partition coefficient (Wildman–Crippen LogP) is 1.35. The van der Waals surface area contributed by atoms with Crippen LogP contribution in [0.15, 0.2) is 23.0 Å². The van der Waals surface area contributed by atoms with Crippen LogP contribution >= 0.6 is 0 Å². The zero-order chi connectivity index (χ0) is 14.4. The van der Waals surface area contributed by atoms with Crippen LogP contribution in [0.25, 0.3) is 16.7 Å². The Hall–Kier alpha value is -2.21. The number of aryl methyl sites for hydroxylation is 1. The highest BCUT2D eigenvalue weighted by molar-refractivity contribution is 5.89. The topological polar surface area (TPSA) is 75.1 Å². The summed E-state index contributed by atoms with van der Waals surface area (Å²) in [5.41, 5.74) is 3.28. The normalized spacial score (nSPS) is 16.8. The molecule has 1 fully saturated rings. The van der Waals surface area contributed by atoms with E-state index in [2.05, 4.69) is 20.4 Å². The second kappa shape index (κ2) is 4.66. The second-order valence-corrected chi connectivity index (χ2v) is 5.67. The van der Waals surface area contributed by atoms with E-state index in [0.717, 1.165) is 48.4 Å². The van der Waals surface area contributed by atoms with Gasteiger partial charge in [-0.15, -0.1) is 5.10 Å².